The van der Waals surface area contributed by atoms with Gasteiger partial charge >= 0.3 is 5.97 Å². The highest BCUT2D eigenvalue weighted by Gasteiger charge is 2.23. The summed E-state index contributed by atoms with van der Waals surface area (Å²) in [4.78, 5) is 24.3. The van der Waals surface area contributed by atoms with Gasteiger partial charge in [-0.25, -0.2) is 0 Å². The van der Waals surface area contributed by atoms with Crippen LogP contribution in [0.4, 0.5) is 0 Å². The SMILES string of the molecule is C[C@H]1CCCC[C@H]1NC(=O)COC(=O)Cc1cccs1. The van der Waals surface area contributed by atoms with E-state index in [4.69, 9.17) is 4.74 Å². The fraction of sp³-hybridized carbons (Fsp3) is 0.600. The molecule has 1 aromatic rings. The van der Waals surface area contributed by atoms with E-state index < -0.39 is 0 Å². The quantitative estimate of drug-likeness (QED) is 0.849. The molecule has 20 heavy (non-hydrogen) atoms. The number of amides is 1. The molecule has 1 heterocycles. The van der Waals surface area contributed by atoms with E-state index in [1.54, 1.807) is 0 Å². The van der Waals surface area contributed by atoms with Gasteiger partial charge < -0.3 is 10.1 Å². The topological polar surface area (TPSA) is 55.4 Å². The molecule has 2 atom stereocenters. The first kappa shape index (κ1) is 15.0. The first-order valence-corrected chi connectivity index (χ1v) is 8.00. The van der Waals surface area contributed by atoms with Gasteiger partial charge in [0.15, 0.2) is 6.61 Å². The van der Waals surface area contributed by atoms with Gasteiger partial charge in [0.1, 0.15) is 0 Å². The minimum atomic E-state index is -0.348. The fourth-order valence-electron chi connectivity index (χ4n) is 2.53. The number of thiophene rings is 1. The van der Waals surface area contributed by atoms with Crippen LogP contribution < -0.4 is 5.32 Å². The summed E-state index contributed by atoms with van der Waals surface area (Å²) in [6.07, 6.45) is 4.82. The van der Waals surface area contributed by atoms with Crippen molar-refractivity contribution in [1.29, 1.82) is 0 Å². The summed E-state index contributed by atoms with van der Waals surface area (Å²) >= 11 is 1.51. The third kappa shape index (κ3) is 4.63. The van der Waals surface area contributed by atoms with Crippen LogP contribution >= 0.6 is 11.3 Å². The van der Waals surface area contributed by atoms with E-state index in [1.807, 2.05) is 17.5 Å². The lowest BCUT2D eigenvalue weighted by Gasteiger charge is -2.29. The zero-order chi connectivity index (χ0) is 14.4. The Morgan fingerprint density at radius 1 is 1.40 bits per heavy atom. The van der Waals surface area contributed by atoms with Crippen LogP contribution in [0.5, 0.6) is 0 Å². The predicted octanol–water partition coefficient (Wildman–Crippen LogP) is 2.53. The first-order valence-electron chi connectivity index (χ1n) is 7.12. The van der Waals surface area contributed by atoms with Gasteiger partial charge in [-0.15, -0.1) is 11.3 Å². The summed E-state index contributed by atoms with van der Waals surface area (Å²) in [5.41, 5.74) is 0. The standard InChI is InChI=1S/C15H21NO3S/c1-11-5-2-3-7-13(11)16-14(17)10-19-15(18)9-12-6-4-8-20-12/h4,6,8,11,13H,2-3,5,7,9-10H2,1H3,(H,16,17)/t11-,13+/m0/s1. The molecule has 0 saturated heterocycles. The summed E-state index contributed by atoms with van der Waals surface area (Å²) in [6.45, 7) is 1.99. The van der Waals surface area contributed by atoms with Gasteiger partial charge in [-0.05, 0) is 30.2 Å². The molecule has 0 aromatic carbocycles. The molecule has 1 fully saturated rings. The van der Waals surface area contributed by atoms with Crippen LogP contribution in [0.1, 0.15) is 37.5 Å². The molecule has 1 aliphatic rings. The van der Waals surface area contributed by atoms with Crippen LogP contribution in [-0.4, -0.2) is 24.5 Å². The lowest BCUT2D eigenvalue weighted by atomic mass is 9.86. The maximum Gasteiger partial charge on any atom is 0.311 e. The molecular formula is C15H21NO3S. The van der Waals surface area contributed by atoms with E-state index in [0.29, 0.717) is 5.92 Å². The highest BCUT2D eigenvalue weighted by Crippen LogP contribution is 2.23. The molecule has 0 unspecified atom stereocenters. The summed E-state index contributed by atoms with van der Waals surface area (Å²) in [7, 11) is 0. The van der Waals surface area contributed by atoms with Gasteiger partial charge in [-0.3, -0.25) is 9.59 Å². The molecule has 0 spiro atoms. The van der Waals surface area contributed by atoms with Gasteiger partial charge in [0.05, 0.1) is 6.42 Å². The number of nitrogens with one attached hydrogen (secondary N) is 1. The van der Waals surface area contributed by atoms with E-state index in [0.717, 1.165) is 24.1 Å². The largest absolute Gasteiger partial charge is 0.455 e. The summed E-state index contributed by atoms with van der Waals surface area (Å²) in [6, 6.07) is 4.01. The molecule has 1 N–H and O–H groups in total. The molecule has 1 aliphatic carbocycles. The molecule has 0 aliphatic heterocycles. The van der Waals surface area contributed by atoms with E-state index in [2.05, 4.69) is 12.2 Å². The highest BCUT2D eigenvalue weighted by atomic mass is 32.1. The average molecular weight is 295 g/mol. The van der Waals surface area contributed by atoms with Crippen LogP contribution in [0.2, 0.25) is 0 Å². The van der Waals surface area contributed by atoms with Gasteiger partial charge in [0.2, 0.25) is 0 Å². The highest BCUT2D eigenvalue weighted by molar-refractivity contribution is 7.10. The number of ether oxygens (including phenoxy) is 1. The third-order valence-electron chi connectivity index (χ3n) is 3.72. The maximum atomic E-state index is 11.8. The predicted molar refractivity (Wildman–Crippen MR) is 78.5 cm³/mol. The summed E-state index contributed by atoms with van der Waals surface area (Å²) in [5, 5.41) is 4.89. The van der Waals surface area contributed by atoms with Crippen molar-refractivity contribution in [2.24, 2.45) is 5.92 Å². The van der Waals surface area contributed by atoms with Gasteiger partial charge in [0.25, 0.3) is 5.91 Å². The Kier molecular flexibility index (Phi) is 5.59. The van der Waals surface area contributed by atoms with Crippen molar-refractivity contribution in [1.82, 2.24) is 5.32 Å². The molecule has 2 rings (SSSR count). The second-order valence-corrected chi connectivity index (χ2v) is 6.38. The lowest BCUT2D eigenvalue weighted by Crippen LogP contribution is -2.42. The second-order valence-electron chi connectivity index (χ2n) is 5.35. The van der Waals surface area contributed by atoms with E-state index in [9.17, 15) is 9.59 Å². The molecule has 5 heteroatoms. The molecule has 1 amide bonds. The van der Waals surface area contributed by atoms with Gasteiger partial charge in [-0.1, -0.05) is 25.8 Å². The number of carbonyl (C=O) groups excluding carboxylic acids is 2. The van der Waals surface area contributed by atoms with Crippen molar-refractivity contribution in [3.05, 3.63) is 22.4 Å². The van der Waals surface area contributed by atoms with Crippen molar-refractivity contribution < 1.29 is 14.3 Å². The normalized spacial score (nSPS) is 22.2. The Labute approximate surface area is 123 Å². The van der Waals surface area contributed by atoms with Crippen LogP contribution in [0.25, 0.3) is 0 Å². The zero-order valence-electron chi connectivity index (χ0n) is 11.8. The van der Waals surface area contributed by atoms with Gasteiger partial charge in [0, 0.05) is 10.9 Å². The smallest absolute Gasteiger partial charge is 0.311 e. The minimum Gasteiger partial charge on any atom is -0.455 e. The Morgan fingerprint density at radius 3 is 2.90 bits per heavy atom. The number of hydrogen-bond acceptors (Lipinski definition) is 4. The summed E-state index contributed by atoms with van der Waals surface area (Å²) < 4.78 is 5.01. The van der Waals surface area contributed by atoms with Crippen LogP contribution in [0, 0.1) is 5.92 Å². The summed E-state index contributed by atoms with van der Waals surface area (Å²) in [5.74, 6) is -0.0305. The molecule has 110 valence electrons. The monoisotopic (exact) mass is 295 g/mol. The number of carbonyl (C=O) groups is 2. The zero-order valence-corrected chi connectivity index (χ0v) is 12.6. The second kappa shape index (κ2) is 7.43. The van der Waals surface area contributed by atoms with E-state index in [1.165, 1.54) is 17.8 Å². The van der Waals surface area contributed by atoms with Crippen LogP contribution in [-0.2, 0) is 20.7 Å². The van der Waals surface area contributed by atoms with Crippen molar-refractivity contribution in [2.75, 3.05) is 6.61 Å². The van der Waals surface area contributed by atoms with Crippen molar-refractivity contribution in [3.8, 4) is 0 Å². The fourth-order valence-corrected chi connectivity index (χ4v) is 3.22. The first-order chi connectivity index (χ1) is 9.65. The molecule has 0 bridgehead atoms. The van der Waals surface area contributed by atoms with Crippen LogP contribution in [0.15, 0.2) is 17.5 Å². The van der Waals surface area contributed by atoms with Gasteiger partial charge in [-0.2, -0.15) is 0 Å². The lowest BCUT2D eigenvalue weighted by molar-refractivity contribution is -0.148. The van der Waals surface area contributed by atoms with Crippen LogP contribution in [0.3, 0.4) is 0 Å². The average Bonchev–Trinajstić information content (AvgIpc) is 2.92. The van der Waals surface area contributed by atoms with Crippen molar-refractivity contribution in [3.63, 3.8) is 0 Å². The Bertz CT molecular complexity index is 444. The number of hydrogen-bond donors (Lipinski definition) is 1. The Morgan fingerprint density at radius 2 is 2.20 bits per heavy atom. The Hall–Kier alpha value is -1.36. The number of esters is 1. The van der Waals surface area contributed by atoms with Crippen molar-refractivity contribution >= 4 is 23.2 Å². The molecule has 1 aromatic heterocycles. The van der Waals surface area contributed by atoms with Crippen molar-refractivity contribution in [2.45, 2.75) is 45.1 Å². The van der Waals surface area contributed by atoms with E-state index in [-0.39, 0.29) is 30.9 Å². The molecule has 4 nitrogen and oxygen atoms in total. The molecule has 0 radical (unpaired) electrons. The number of rotatable bonds is 5. The Balaban J connectivity index is 1.68. The maximum absolute atomic E-state index is 11.8. The third-order valence-corrected chi connectivity index (χ3v) is 4.60. The molecule has 1 saturated carbocycles. The van der Waals surface area contributed by atoms with E-state index >= 15 is 0 Å². The molecular weight excluding hydrogens is 274 g/mol. The minimum absolute atomic E-state index is 0.173.